The van der Waals surface area contributed by atoms with Crippen LogP contribution in [0.15, 0.2) is 12.7 Å². The van der Waals surface area contributed by atoms with Crippen molar-refractivity contribution in [1.29, 1.82) is 0 Å². The molecule has 0 atom stereocenters. The van der Waals surface area contributed by atoms with Crippen LogP contribution in [0.5, 0.6) is 0 Å². The highest BCUT2D eigenvalue weighted by atomic mass is 32.2. The number of ether oxygens (including phenoxy) is 1. The SMILES string of the molecule is C=CC(=O)OCC.CS(=O)(=O)O. The second kappa shape index (κ2) is 6.81. The Morgan fingerprint density at radius 2 is 2.00 bits per heavy atom. The van der Waals surface area contributed by atoms with Gasteiger partial charge in [0.1, 0.15) is 0 Å². The Morgan fingerprint density at radius 1 is 1.67 bits per heavy atom. The van der Waals surface area contributed by atoms with E-state index in [-0.39, 0.29) is 5.97 Å². The van der Waals surface area contributed by atoms with Crippen molar-refractivity contribution in [3.63, 3.8) is 0 Å². The molecule has 5 nitrogen and oxygen atoms in total. The topological polar surface area (TPSA) is 80.7 Å². The Kier molecular flexibility index (Phi) is 7.77. The number of hydrogen-bond acceptors (Lipinski definition) is 4. The minimum atomic E-state index is -3.67. The predicted molar refractivity (Wildman–Crippen MR) is 44.3 cm³/mol. The number of hydrogen-bond donors (Lipinski definition) is 1. The zero-order valence-electron chi connectivity index (χ0n) is 6.98. The van der Waals surface area contributed by atoms with Crippen LogP contribution in [0.3, 0.4) is 0 Å². The van der Waals surface area contributed by atoms with Gasteiger partial charge in [0, 0.05) is 6.08 Å². The molecule has 0 heterocycles. The van der Waals surface area contributed by atoms with Gasteiger partial charge in [-0.1, -0.05) is 6.58 Å². The van der Waals surface area contributed by atoms with Crippen molar-refractivity contribution in [2.24, 2.45) is 0 Å². The number of esters is 1. The van der Waals surface area contributed by atoms with E-state index in [1.54, 1.807) is 6.92 Å². The van der Waals surface area contributed by atoms with Crippen LogP contribution in [-0.4, -0.2) is 31.8 Å². The highest BCUT2D eigenvalue weighted by Crippen LogP contribution is 1.74. The molecule has 0 fully saturated rings. The van der Waals surface area contributed by atoms with E-state index in [4.69, 9.17) is 4.55 Å². The second-order valence-electron chi connectivity index (χ2n) is 1.69. The van der Waals surface area contributed by atoms with E-state index < -0.39 is 10.1 Å². The molecular formula is C6H12O5S. The molecule has 0 spiro atoms. The van der Waals surface area contributed by atoms with Crippen LogP contribution >= 0.6 is 0 Å². The molecule has 0 saturated carbocycles. The molecule has 0 unspecified atom stereocenters. The molecule has 0 aliphatic carbocycles. The second-order valence-corrected chi connectivity index (χ2v) is 3.16. The highest BCUT2D eigenvalue weighted by molar-refractivity contribution is 7.85. The Bertz CT molecular complexity index is 220. The molecule has 12 heavy (non-hydrogen) atoms. The summed E-state index contributed by atoms with van der Waals surface area (Å²) in [5.74, 6) is -0.359. The summed E-state index contributed by atoms with van der Waals surface area (Å²) in [7, 11) is -3.67. The van der Waals surface area contributed by atoms with E-state index in [1.807, 2.05) is 0 Å². The predicted octanol–water partition coefficient (Wildman–Crippen LogP) is 0.240. The quantitative estimate of drug-likeness (QED) is 0.388. The fourth-order valence-electron chi connectivity index (χ4n) is 0.201. The van der Waals surface area contributed by atoms with Crippen LogP contribution < -0.4 is 0 Å². The van der Waals surface area contributed by atoms with Crippen LogP contribution in [0.25, 0.3) is 0 Å². The maximum absolute atomic E-state index is 10.1. The highest BCUT2D eigenvalue weighted by Gasteiger charge is 1.86. The Morgan fingerprint density at radius 3 is 2.08 bits per heavy atom. The van der Waals surface area contributed by atoms with Gasteiger partial charge < -0.3 is 4.74 Å². The third-order valence-corrected chi connectivity index (χ3v) is 0.453. The molecule has 0 aromatic rings. The smallest absolute Gasteiger partial charge is 0.330 e. The first kappa shape index (κ1) is 13.7. The molecular weight excluding hydrogens is 184 g/mol. The lowest BCUT2D eigenvalue weighted by Crippen LogP contribution is -1.97. The van der Waals surface area contributed by atoms with Crippen molar-refractivity contribution in [2.45, 2.75) is 6.92 Å². The average Bonchev–Trinajstić information content (AvgIpc) is 1.85. The van der Waals surface area contributed by atoms with Crippen LogP contribution in [0.2, 0.25) is 0 Å². The molecule has 0 aromatic carbocycles. The molecule has 0 rings (SSSR count). The zero-order valence-corrected chi connectivity index (χ0v) is 7.80. The molecule has 6 heteroatoms. The molecule has 0 bridgehead atoms. The van der Waals surface area contributed by atoms with Gasteiger partial charge in [-0.2, -0.15) is 8.42 Å². The standard InChI is InChI=1S/C5H8O2.CH4O3S/c1-3-5(6)7-4-2;1-5(2,3)4/h3H,1,4H2,2H3;1H3,(H,2,3,4). The van der Waals surface area contributed by atoms with E-state index in [0.29, 0.717) is 12.9 Å². The molecule has 0 aromatic heterocycles. The first-order valence-electron chi connectivity index (χ1n) is 3.03. The lowest BCUT2D eigenvalue weighted by molar-refractivity contribution is -0.137. The Hall–Kier alpha value is -0.880. The van der Waals surface area contributed by atoms with E-state index in [0.717, 1.165) is 6.08 Å². The van der Waals surface area contributed by atoms with Gasteiger partial charge in [-0.3, -0.25) is 4.55 Å². The van der Waals surface area contributed by atoms with Crippen LogP contribution in [0.4, 0.5) is 0 Å². The fraction of sp³-hybridized carbons (Fsp3) is 0.500. The minimum absolute atomic E-state index is 0.359. The van der Waals surface area contributed by atoms with Crippen molar-refractivity contribution >= 4 is 16.1 Å². The minimum Gasteiger partial charge on any atom is -0.463 e. The third-order valence-electron chi connectivity index (χ3n) is 0.453. The van der Waals surface area contributed by atoms with Gasteiger partial charge in [0.25, 0.3) is 10.1 Å². The van der Waals surface area contributed by atoms with E-state index in [2.05, 4.69) is 11.3 Å². The van der Waals surface area contributed by atoms with Crippen molar-refractivity contribution < 1.29 is 22.5 Å². The third kappa shape index (κ3) is 35.4. The van der Waals surface area contributed by atoms with Gasteiger partial charge in [0.2, 0.25) is 0 Å². The van der Waals surface area contributed by atoms with Gasteiger partial charge in [0.15, 0.2) is 0 Å². The van der Waals surface area contributed by atoms with E-state index in [1.165, 1.54) is 0 Å². The number of carbonyl (C=O) groups excluding carboxylic acids is 1. The van der Waals surface area contributed by atoms with Gasteiger partial charge in [-0.05, 0) is 6.92 Å². The molecule has 1 N–H and O–H groups in total. The normalized spacial score (nSPS) is 9.25. The molecule has 72 valence electrons. The van der Waals surface area contributed by atoms with Crippen molar-refractivity contribution in [2.75, 3.05) is 12.9 Å². The van der Waals surface area contributed by atoms with E-state index >= 15 is 0 Å². The summed E-state index contributed by atoms with van der Waals surface area (Å²) in [4.78, 5) is 10.1. The van der Waals surface area contributed by atoms with Crippen LogP contribution in [0, 0.1) is 0 Å². The first-order chi connectivity index (χ1) is 5.31. The zero-order chi connectivity index (χ0) is 10.2. The van der Waals surface area contributed by atoms with Gasteiger partial charge in [-0.15, -0.1) is 0 Å². The monoisotopic (exact) mass is 196 g/mol. The summed E-state index contributed by atoms with van der Waals surface area (Å²) in [6.45, 7) is 5.38. The Balaban J connectivity index is 0. The largest absolute Gasteiger partial charge is 0.463 e. The van der Waals surface area contributed by atoms with Gasteiger partial charge in [0.05, 0.1) is 12.9 Å². The van der Waals surface area contributed by atoms with Crippen LogP contribution in [0.1, 0.15) is 6.92 Å². The summed E-state index contributed by atoms with van der Waals surface area (Å²) in [5.41, 5.74) is 0. The van der Waals surface area contributed by atoms with Crippen molar-refractivity contribution in [1.82, 2.24) is 0 Å². The van der Waals surface area contributed by atoms with Gasteiger partial charge in [-0.25, -0.2) is 4.79 Å². The maximum atomic E-state index is 10.1. The molecule has 0 saturated heterocycles. The van der Waals surface area contributed by atoms with Crippen LogP contribution in [-0.2, 0) is 19.6 Å². The first-order valence-corrected chi connectivity index (χ1v) is 4.87. The van der Waals surface area contributed by atoms with E-state index in [9.17, 15) is 13.2 Å². The fourth-order valence-corrected chi connectivity index (χ4v) is 0.201. The summed E-state index contributed by atoms with van der Waals surface area (Å²) in [5, 5.41) is 0. The summed E-state index contributed by atoms with van der Waals surface area (Å²) >= 11 is 0. The lowest BCUT2D eigenvalue weighted by atomic mass is 10.6. The Labute approximate surface area is 71.8 Å². The molecule has 0 amide bonds. The summed E-state index contributed by atoms with van der Waals surface area (Å²) in [6.07, 6.45) is 1.86. The van der Waals surface area contributed by atoms with Crippen molar-refractivity contribution in [3.05, 3.63) is 12.7 Å². The molecule has 0 aliphatic rings. The van der Waals surface area contributed by atoms with Crippen molar-refractivity contribution in [3.8, 4) is 0 Å². The molecule has 0 aliphatic heterocycles. The average molecular weight is 196 g/mol. The van der Waals surface area contributed by atoms with Gasteiger partial charge >= 0.3 is 5.97 Å². The summed E-state index contributed by atoms with van der Waals surface area (Å²) < 4.78 is 30.3. The summed E-state index contributed by atoms with van der Waals surface area (Å²) in [6, 6.07) is 0. The number of carbonyl (C=O) groups is 1. The maximum Gasteiger partial charge on any atom is 0.330 e. The lowest BCUT2D eigenvalue weighted by Gasteiger charge is -1.90. The molecule has 0 radical (unpaired) electrons. The number of rotatable bonds is 2.